The van der Waals surface area contributed by atoms with Crippen LogP contribution in [0.15, 0.2) is 0 Å². The molecule has 3 atom stereocenters. The first kappa shape index (κ1) is 13.0. The van der Waals surface area contributed by atoms with Gasteiger partial charge in [-0.05, 0) is 38.0 Å². The summed E-state index contributed by atoms with van der Waals surface area (Å²) in [5, 5.41) is 3.64. The molecule has 3 unspecified atom stereocenters. The second-order valence-electron chi connectivity index (χ2n) is 5.14. The molecule has 0 aromatic heterocycles. The zero-order chi connectivity index (χ0) is 11.1. The van der Waals surface area contributed by atoms with Crippen molar-refractivity contribution < 1.29 is 4.74 Å². The van der Waals surface area contributed by atoms with Crippen LogP contribution in [0.3, 0.4) is 0 Å². The van der Waals surface area contributed by atoms with Gasteiger partial charge in [-0.3, -0.25) is 0 Å². The van der Waals surface area contributed by atoms with Crippen molar-refractivity contribution >= 4 is 0 Å². The maximum atomic E-state index is 5.48. The van der Waals surface area contributed by atoms with Gasteiger partial charge in [0.2, 0.25) is 0 Å². The average molecular weight is 213 g/mol. The first-order valence-electron chi connectivity index (χ1n) is 6.53. The smallest absolute Gasteiger partial charge is 0.0506 e. The van der Waals surface area contributed by atoms with Crippen molar-refractivity contribution in [2.24, 2.45) is 11.8 Å². The fourth-order valence-electron chi connectivity index (χ4n) is 2.19. The van der Waals surface area contributed by atoms with Gasteiger partial charge in [0.15, 0.2) is 0 Å². The largest absolute Gasteiger partial charge is 0.381 e. The number of rotatable bonds is 6. The molecule has 0 aliphatic carbocycles. The maximum Gasteiger partial charge on any atom is 0.0506 e. The summed E-state index contributed by atoms with van der Waals surface area (Å²) in [4.78, 5) is 0. The Kier molecular flexibility index (Phi) is 6.26. The minimum absolute atomic E-state index is 0.655. The lowest BCUT2D eigenvalue weighted by molar-refractivity contribution is 0.0537. The standard InChI is InChI=1S/C13H27NO/c1-4-11(2)8-12(3)14-9-13-6-5-7-15-10-13/h11-14H,4-10H2,1-3H3. The van der Waals surface area contributed by atoms with Crippen LogP contribution >= 0.6 is 0 Å². The van der Waals surface area contributed by atoms with Gasteiger partial charge >= 0.3 is 0 Å². The van der Waals surface area contributed by atoms with Gasteiger partial charge in [0, 0.05) is 19.2 Å². The normalized spacial score (nSPS) is 26.2. The molecule has 1 aliphatic heterocycles. The Labute approximate surface area is 94.8 Å². The Morgan fingerprint density at radius 2 is 2.20 bits per heavy atom. The molecule has 1 heterocycles. The minimum atomic E-state index is 0.655. The monoisotopic (exact) mass is 213 g/mol. The first-order valence-corrected chi connectivity index (χ1v) is 6.53. The van der Waals surface area contributed by atoms with Gasteiger partial charge in [0.05, 0.1) is 6.61 Å². The summed E-state index contributed by atoms with van der Waals surface area (Å²) in [5.41, 5.74) is 0. The molecule has 2 nitrogen and oxygen atoms in total. The van der Waals surface area contributed by atoms with Gasteiger partial charge < -0.3 is 10.1 Å². The lowest BCUT2D eigenvalue weighted by Gasteiger charge is -2.25. The third kappa shape index (κ3) is 5.53. The fraction of sp³-hybridized carbons (Fsp3) is 1.00. The van der Waals surface area contributed by atoms with Crippen LogP contribution in [0.5, 0.6) is 0 Å². The summed E-state index contributed by atoms with van der Waals surface area (Å²) in [6, 6.07) is 0.655. The van der Waals surface area contributed by atoms with Gasteiger partial charge in [-0.25, -0.2) is 0 Å². The van der Waals surface area contributed by atoms with Crippen LogP contribution in [0.2, 0.25) is 0 Å². The van der Waals surface area contributed by atoms with Gasteiger partial charge in [-0.15, -0.1) is 0 Å². The lowest BCUT2D eigenvalue weighted by Crippen LogP contribution is -2.35. The molecule has 0 spiro atoms. The van der Waals surface area contributed by atoms with Gasteiger partial charge in [-0.1, -0.05) is 20.3 Å². The Morgan fingerprint density at radius 3 is 2.80 bits per heavy atom. The molecule has 0 aromatic rings. The topological polar surface area (TPSA) is 21.3 Å². The number of ether oxygens (including phenoxy) is 1. The molecule has 1 rings (SSSR count). The SMILES string of the molecule is CCC(C)CC(C)NCC1CCCOC1. The van der Waals surface area contributed by atoms with E-state index >= 15 is 0 Å². The van der Waals surface area contributed by atoms with Crippen LogP contribution in [-0.2, 0) is 4.74 Å². The summed E-state index contributed by atoms with van der Waals surface area (Å²) in [5.74, 6) is 1.59. The van der Waals surface area contributed by atoms with Gasteiger partial charge in [0.1, 0.15) is 0 Å². The van der Waals surface area contributed by atoms with Crippen molar-refractivity contribution in [2.75, 3.05) is 19.8 Å². The molecule has 1 aliphatic rings. The molecule has 1 fully saturated rings. The molecule has 0 saturated carbocycles. The van der Waals surface area contributed by atoms with Gasteiger partial charge in [0.25, 0.3) is 0 Å². The molecular weight excluding hydrogens is 186 g/mol. The second-order valence-corrected chi connectivity index (χ2v) is 5.14. The van der Waals surface area contributed by atoms with Crippen molar-refractivity contribution in [1.29, 1.82) is 0 Å². The van der Waals surface area contributed by atoms with Crippen LogP contribution in [-0.4, -0.2) is 25.8 Å². The first-order chi connectivity index (χ1) is 7.22. The number of hydrogen-bond donors (Lipinski definition) is 1. The quantitative estimate of drug-likeness (QED) is 0.732. The zero-order valence-electron chi connectivity index (χ0n) is 10.6. The van der Waals surface area contributed by atoms with E-state index in [0.717, 1.165) is 31.6 Å². The van der Waals surface area contributed by atoms with E-state index in [0.29, 0.717) is 6.04 Å². The molecule has 0 aromatic carbocycles. The van der Waals surface area contributed by atoms with E-state index in [1.165, 1.54) is 25.7 Å². The van der Waals surface area contributed by atoms with Crippen LogP contribution in [0, 0.1) is 11.8 Å². The van der Waals surface area contributed by atoms with Crippen LogP contribution in [0.25, 0.3) is 0 Å². The highest BCUT2D eigenvalue weighted by molar-refractivity contribution is 4.70. The predicted octanol–water partition coefficient (Wildman–Crippen LogP) is 2.83. The fourth-order valence-corrected chi connectivity index (χ4v) is 2.19. The highest BCUT2D eigenvalue weighted by Crippen LogP contribution is 2.14. The number of hydrogen-bond acceptors (Lipinski definition) is 2. The summed E-state index contributed by atoms with van der Waals surface area (Å²) >= 11 is 0. The van der Waals surface area contributed by atoms with Crippen LogP contribution < -0.4 is 5.32 Å². The van der Waals surface area contributed by atoms with Crippen LogP contribution in [0.1, 0.15) is 46.5 Å². The van der Waals surface area contributed by atoms with Crippen LogP contribution in [0.4, 0.5) is 0 Å². The van der Waals surface area contributed by atoms with Crippen molar-refractivity contribution in [3.8, 4) is 0 Å². The molecule has 0 bridgehead atoms. The molecule has 0 amide bonds. The lowest BCUT2D eigenvalue weighted by atomic mass is 9.98. The Hall–Kier alpha value is -0.0800. The summed E-state index contributed by atoms with van der Waals surface area (Å²) in [6.07, 6.45) is 5.16. The predicted molar refractivity (Wildman–Crippen MR) is 65.1 cm³/mol. The summed E-state index contributed by atoms with van der Waals surface area (Å²) < 4.78 is 5.48. The molecule has 15 heavy (non-hydrogen) atoms. The highest BCUT2D eigenvalue weighted by Gasteiger charge is 2.15. The third-order valence-corrected chi connectivity index (χ3v) is 3.46. The van der Waals surface area contributed by atoms with Crippen molar-refractivity contribution in [1.82, 2.24) is 5.32 Å². The average Bonchev–Trinajstić information content (AvgIpc) is 2.27. The molecule has 2 heteroatoms. The highest BCUT2D eigenvalue weighted by atomic mass is 16.5. The van der Waals surface area contributed by atoms with Crippen molar-refractivity contribution in [3.63, 3.8) is 0 Å². The summed E-state index contributed by atoms with van der Waals surface area (Å²) in [6.45, 7) is 9.98. The summed E-state index contributed by atoms with van der Waals surface area (Å²) in [7, 11) is 0. The van der Waals surface area contributed by atoms with Crippen molar-refractivity contribution in [2.45, 2.75) is 52.5 Å². The minimum Gasteiger partial charge on any atom is -0.381 e. The molecule has 0 radical (unpaired) electrons. The van der Waals surface area contributed by atoms with E-state index in [-0.39, 0.29) is 0 Å². The molecular formula is C13H27NO. The van der Waals surface area contributed by atoms with E-state index < -0.39 is 0 Å². The third-order valence-electron chi connectivity index (χ3n) is 3.46. The molecule has 90 valence electrons. The molecule has 1 saturated heterocycles. The van der Waals surface area contributed by atoms with E-state index in [9.17, 15) is 0 Å². The zero-order valence-corrected chi connectivity index (χ0v) is 10.6. The number of nitrogens with one attached hydrogen (secondary N) is 1. The Morgan fingerprint density at radius 1 is 1.40 bits per heavy atom. The Balaban J connectivity index is 2.07. The second kappa shape index (κ2) is 7.24. The van der Waals surface area contributed by atoms with E-state index in [4.69, 9.17) is 4.74 Å². The van der Waals surface area contributed by atoms with E-state index in [1.54, 1.807) is 0 Å². The van der Waals surface area contributed by atoms with Gasteiger partial charge in [-0.2, -0.15) is 0 Å². The Bertz CT molecular complexity index is 155. The maximum absolute atomic E-state index is 5.48. The van der Waals surface area contributed by atoms with E-state index in [2.05, 4.69) is 26.1 Å². The van der Waals surface area contributed by atoms with Crippen molar-refractivity contribution in [3.05, 3.63) is 0 Å². The van der Waals surface area contributed by atoms with E-state index in [1.807, 2.05) is 0 Å². The molecule has 1 N–H and O–H groups in total.